The number of benzene rings is 2. The second kappa shape index (κ2) is 9.60. The molecule has 1 N–H and O–H groups in total. The van der Waals surface area contributed by atoms with Gasteiger partial charge < -0.3 is 5.32 Å². The van der Waals surface area contributed by atoms with Crippen molar-refractivity contribution >= 4 is 35.0 Å². The quantitative estimate of drug-likeness (QED) is 0.472. The molecule has 0 bridgehead atoms. The molecule has 0 atom stereocenters. The summed E-state index contributed by atoms with van der Waals surface area (Å²) in [7, 11) is 0. The molecule has 1 amide bonds. The fraction of sp³-hybridized carbons (Fsp3) is 0.174. The van der Waals surface area contributed by atoms with Gasteiger partial charge in [0.05, 0.1) is 16.8 Å². The van der Waals surface area contributed by atoms with E-state index in [4.69, 9.17) is 11.6 Å². The average molecular weight is 422 g/mol. The molecule has 29 heavy (non-hydrogen) atoms. The molecule has 0 aliphatic rings. The van der Waals surface area contributed by atoms with Crippen LogP contribution >= 0.6 is 23.4 Å². The fourth-order valence-corrected chi connectivity index (χ4v) is 4.13. The van der Waals surface area contributed by atoms with Crippen LogP contribution in [0.5, 0.6) is 0 Å². The lowest BCUT2D eigenvalue weighted by molar-refractivity contribution is 0.102. The lowest BCUT2D eigenvalue weighted by atomic mass is 9.94. The molecule has 0 aliphatic carbocycles. The first kappa shape index (κ1) is 20.9. The first-order valence-electron chi connectivity index (χ1n) is 9.25. The van der Waals surface area contributed by atoms with Crippen LogP contribution in [0, 0.1) is 18.3 Å². The van der Waals surface area contributed by atoms with Crippen LogP contribution in [0.3, 0.4) is 0 Å². The Kier molecular flexibility index (Phi) is 6.92. The lowest BCUT2D eigenvalue weighted by Crippen LogP contribution is -2.17. The third-order valence-corrected chi connectivity index (χ3v) is 5.81. The molecule has 1 heterocycles. The minimum Gasteiger partial charge on any atom is -0.322 e. The maximum absolute atomic E-state index is 13.2. The van der Waals surface area contributed by atoms with E-state index >= 15 is 0 Å². The van der Waals surface area contributed by atoms with Crippen molar-refractivity contribution in [2.45, 2.75) is 25.3 Å². The monoisotopic (exact) mass is 421 g/mol. The summed E-state index contributed by atoms with van der Waals surface area (Å²) >= 11 is 7.98. The summed E-state index contributed by atoms with van der Waals surface area (Å²) in [5.74, 6) is 0.512. The van der Waals surface area contributed by atoms with Gasteiger partial charge >= 0.3 is 0 Å². The van der Waals surface area contributed by atoms with Crippen LogP contribution in [0.1, 0.15) is 35.0 Å². The molecular formula is C23H20ClN3OS. The summed E-state index contributed by atoms with van der Waals surface area (Å²) in [6.45, 7) is 3.86. The summed E-state index contributed by atoms with van der Waals surface area (Å²) in [4.78, 5) is 17.8. The molecule has 0 saturated heterocycles. The summed E-state index contributed by atoms with van der Waals surface area (Å²) in [6, 6.07) is 18.7. The minimum absolute atomic E-state index is 0.320. The van der Waals surface area contributed by atoms with Gasteiger partial charge in [0.1, 0.15) is 11.1 Å². The van der Waals surface area contributed by atoms with Crippen molar-refractivity contribution in [1.29, 1.82) is 5.26 Å². The highest BCUT2D eigenvalue weighted by Crippen LogP contribution is 2.38. The van der Waals surface area contributed by atoms with Crippen LogP contribution < -0.4 is 5.32 Å². The van der Waals surface area contributed by atoms with Crippen LogP contribution in [-0.4, -0.2) is 16.6 Å². The number of rotatable bonds is 6. The zero-order valence-corrected chi connectivity index (χ0v) is 17.8. The molecule has 0 saturated carbocycles. The van der Waals surface area contributed by atoms with Gasteiger partial charge in [0.15, 0.2) is 0 Å². The molecule has 3 aromatic rings. The summed E-state index contributed by atoms with van der Waals surface area (Å²) in [5.41, 5.74) is 3.14. The zero-order valence-electron chi connectivity index (χ0n) is 16.2. The highest BCUT2D eigenvalue weighted by molar-refractivity contribution is 7.99. The molecule has 0 radical (unpaired) electrons. The number of thioether (sulfide) groups is 1. The Morgan fingerprint density at radius 2 is 1.86 bits per heavy atom. The Hall–Kier alpha value is -2.81. The molecular weight excluding hydrogens is 402 g/mol. The predicted octanol–water partition coefficient (Wildman–Crippen LogP) is 6.34. The van der Waals surface area contributed by atoms with Gasteiger partial charge in [0.2, 0.25) is 0 Å². The minimum atomic E-state index is -0.320. The van der Waals surface area contributed by atoms with E-state index in [9.17, 15) is 10.1 Å². The van der Waals surface area contributed by atoms with E-state index in [0.717, 1.165) is 12.2 Å². The number of carbonyl (C=O) groups is 1. The van der Waals surface area contributed by atoms with Gasteiger partial charge in [-0.3, -0.25) is 4.79 Å². The van der Waals surface area contributed by atoms with E-state index in [2.05, 4.69) is 23.3 Å². The van der Waals surface area contributed by atoms with Crippen LogP contribution in [0.2, 0.25) is 5.02 Å². The largest absolute Gasteiger partial charge is 0.322 e. The number of nitrogens with zero attached hydrogens (tertiary/aromatic N) is 2. The van der Waals surface area contributed by atoms with Crippen molar-refractivity contribution in [3.05, 3.63) is 76.4 Å². The molecule has 6 heteroatoms. The number of aryl methyl sites for hydroxylation is 1. The Balaban J connectivity index is 2.23. The number of para-hydroxylation sites is 1. The van der Waals surface area contributed by atoms with Crippen LogP contribution in [0.25, 0.3) is 11.1 Å². The average Bonchev–Trinajstić information content (AvgIpc) is 2.72. The van der Waals surface area contributed by atoms with Gasteiger partial charge in [-0.15, -0.1) is 11.8 Å². The highest BCUT2D eigenvalue weighted by Gasteiger charge is 2.25. The van der Waals surface area contributed by atoms with E-state index in [0.29, 0.717) is 43.7 Å². The summed E-state index contributed by atoms with van der Waals surface area (Å²) in [5, 5.41) is 14.0. The number of carbonyl (C=O) groups excluding carboxylic acids is 1. The number of halogens is 1. The Bertz CT molecular complexity index is 1080. The van der Waals surface area contributed by atoms with Crippen molar-refractivity contribution in [2.75, 3.05) is 11.1 Å². The molecule has 146 valence electrons. The van der Waals surface area contributed by atoms with Crippen molar-refractivity contribution < 1.29 is 4.79 Å². The Morgan fingerprint density at radius 3 is 2.52 bits per heavy atom. The SMILES string of the molecule is CCCSc1nc(C)c(C(=O)Nc2ccccc2)c(-c2ccccc2Cl)c1C#N. The molecule has 3 rings (SSSR count). The topological polar surface area (TPSA) is 65.8 Å². The number of nitriles is 1. The number of amides is 1. The van der Waals surface area contributed by atoms with E-state index in [-0.39, 0.29) is 5.91 Å². The third kappa shape index (κ3) is 4.61. The van der Waals surface area contributed by atoms with E-state index < -0.39 is 0 Å². The van der Waals surface area contributed by atoms with Gasteiger partial charge in [-0.2, -0.15) is 5.26 Å². The van der Waals surface area contributed by atoms with Crippen molar-refractivity contribution in [1.82, 2.24) is 4.98 Å². The number of aromatic nitrogens is 1. The van der Waals surface area contributed by atoms with Crippen LogP contribution in [0.15, 0.2) is 59.6 Å². The van der Waals surface area contributed by atoms with Gasteiger partial charge in [-0.05, 0) is 37.3 Å². The second-order valence-electron chi connectivity index (χ2n) is 6.39. The van der Waals surface area contributed by atoms with E-state index in [1.165, 1.54) is 11.8 Å². The van der Waals surface area contributed by atoms with Gasteiger partial charge in [-0.1, -0.05) is 54.9 Å². The number of hydrogen-bond donors (Lipinski definition) is 1. The first-order chi connectivity index (χ1) is 14.1. The molecule has 0 unspecified atom stereocenters. The van der Waals surface area contributed by atoms with Crippen molar-refractivity contribution in [2.24, 2.45) is 0 Å². The number of nitrogens with one attached hydrogen (secondary N) is 1. The number of hydrogen-bond acceptors (Lipinski definition) is 4. The number of pyridine rings is 1. The van der Waals surface area contributed by atoms with E-state index in [1.54, 1.807) is 13.0 Å². The highest BCUT2D eigenvalue weighted by atomic mass is 35.5. The third-order valence-electron chi connectivity index (χ3n) is 4.30. The maximum Gasteiger partial charge on any atom is 0.258 e. The normalized spacial score (nSPS) is 10.4. The predicted molar refractivity (Wildman–Crippen MR) is 120 cm³/mol. The van der Waals surface area contributed by atoms with Gasteiger partial charge in [0.25, 0.3) is 5.91 Å². The molecule has 0 fully saturated rings. The maximum atomic E-state index is 13.2. The molecule has 0 aliphatic heterocycles. The zero-order chi connectivity index (χ0) is 20.8. The fourth-order valence-electron chi connectivity index (χ4n) is 3.01. The van der Waals surface area contributed by atoms with Crippen LogP contribution in [-0.2, 0) is 0 Å². The van der Waals surface area contributed by atoms with Gasteiger partial charge in [-0.25, -0.2) is 4.98 Å². The second-order valence-corrected chi connectivity index (χ2v) is 7.88. The first-order valence-corrected chi connectivity index (χ1v) is 10.6. The number of anilines is 1. The summed E-state index contributed by atoms with van der Waals surface area (Å²) in [6.07, 6.45) is 0.952. The summed E-state index contributed by atoms with van der Waals surface area (Å²) < 4.78 is 0. The van der Waals surface area contributed by atoms with E-state index in [1.807, 2.05) is 48.5 Å². The Morgan fingerprint density at radius 1 is 1.17 bits per heavy atom. The van der Waals surface area contributed by atoms with Crippen molar-refractivity contribution in [3.63, 3.8) is 0 Å². The smallest absolute Gasteiger partial charge is 0.258 e. The van der Waals surface area contributed by atoms with Crippen LogP contribution in [0.4, 0.5) is 5.69 Å². The lowest BCUT2D eigenvalue weighted by Gasteiger charge is -2.17. The molecule has 4 nitrogen and oxygen atoms in total. The Labute approximate surface area is 179 Å². The standard InChI is InChI=1S/C23H20ClN3OS/c1-3-13-29-23-18(14-25)21(17-11-7-8-12-19(17)24)20(15(2)26-23)22(28)27-16-9-5-4-6-10-16/h4-12H,3,13H2,1-2H3,(H,27,28). The van der Waals surface area contributed by atoms with Crippen molar-refractivity contribution in [3.8, 4) is 17.2 Å². The van der Waals surface area contributed by atoms with Gasteiger partial charge in [0, 0.05) is 21.8 Å². The molecule has 0 spiro atoms. The molecule has 1 aromatic heterocycles. The molecule has 2 aromatic carbocycles.